The van der Waals surface area contributed by atoms with Crippen molar-refractivity contribution in [3.8, 4) is 0 Å². The maximum absolute atomic E-state index is 6.34. The van der Waals surface area contributed by atoms with Gasteiger partial charge in [-0.15, -0.1) is 0 Å². The molecule has 0 spiro atoms. The highest BCUT2D eigenvalue weighted by atomic mass is 35.5. The summed E-state index contributed by atoms with van der Waals surface area (Å²) in [5, 5.41) is 1.20. The molecule has 0 saturated carbocycles. The summed E-state index contributed by atoms with van der Waals surface area (Å²) in [6.07, 6.45) is 2.53. The molecule has 1 heterocycles. The minimum absolute atomic E-state index is 0.101. The molecule has 20 heavy (non-hydrogen) atoms. The second-order valence-electron chi connectivity index (χ2n) is 5.11. The molecular formula is C15H22Cl2N2O. The third-order valence-corrected chi connectivity index (χ3v) is 4.65. The fourth-order valence-electron chi connectivity index (χ4n) is 2.87. The van der Waals surface area contributed by atoms with Crippen molar-refractivity contribution in [2.75, 3.05) is 26.2 Å². The van der Waals surface area contributed by atoms with Gasteiger partial charge in [-0.3, -0.25) is 4.90 Å². The molecule has 1 aromatic rings. The van der Waals surface area contributed by atoms with E-state index in [1.807, 2.05) is 19.1 Å². The van der Waals surface area contributed by atoms with E-state index in [1.165, 1.54) is 0 Å². The number of rotatable bonds is 5. The van der Waals surface area contributed by atoms with E-state index in [4.69, 9.17) is 33.7 Å². The number of nitrogens with zero attached hydrogens (tertiary/aromatic N) is 1. The van der Waals surface area contributed by atoms with E-state index in [2.05, 4.69) is 4.90 Å². The number of ether oxygens (including phenoxy) is 1. The molecule has 2 N–H and O–H groups in total. The van der Waals surface area contributed by atoms with Crippen LogP contribution in [0.25, 0.3) is 0 Å². The predicted octanol–water partition coefficient (Wildman–Crippen LogP) is 3.49. The minimum atomic E-state index is 0.101. The predicted molar refractivity (Wildman–Crippen MR) is 84.5 cm³/mol. The molecule has 1 aliphatic rings. The van der Waals surface area contributed by atoms with Crippen LogP contribution >= 0.6 is 23.2 Å². The average molecular weight is 317 g/mol. The number of likely N-dealkylation sites (tertiary alicyclic amines) is 1. The number of hydrogen-bond acceptors (Lipinski definition) is 3. The van der Waals surface area contributed by atoms with Gasteiger partial charge in [-0.05, 0) is 37.9 Å². The van der Waals surface area contributed by atoms with Gasteiger partial charge in [-0.2, -0.15) is 0 Å². The first-order valence-corrected chi connectivity index (χ1v) is 7.92. The molecule has 1 aromatic carbocycles. The summed E-state index contributed by atoms with van der Waals surface area (Å²) in [5.74, 6) is 0. The van der Waals surface area contributed by atoms with Gasteiger partial charge in [0.15, 0.2) is 0 Å². The topological polar surface area (TPSA) is 38.5 Å². The van der Waals surface area contributed by atoms with Crippen molar-refractivity contribution in [1.29, 1.82) is 0 Å². The Morgan fingerprint density at radius 3 is 2.95 bits per heavy atom. The van der Waals surface area contributed by atoms with Crippen molar-refractivity contribution in [3.63, 3.8) is 0 Å². The molecule has 5 heteroatoms. The van der Waals surface area contributed by atoms with E-state index in [0.29, 0.717) is 22.7 Å². The first-order chi connectivity index (χ1) is 9.67. The number of nitrogens with two attached hydrogens (primary N) is 1. The largest absolute Gasteiger partial charge is 0.377 e. The standard InChI is InChI=1S/C15H22Cl2N2O/c1-2-20-11-5-4-8-19(10-11)14(9-18)12-6-3-7-13(16)15(12)17/h3,6-7,11,14H,2,4-5,8-10,18H2,1H3. The van der Waals surface area contributed by atoms with Crippen LogP contribution in [0.15, 0.2) is 18.2 Å². The summed E-state index contributed by atoms with van der Waals surface area (Å²) >= 11 is 12.5. The molecule has 0 amide bonds. The van der Waals surface area contributed by atoms with Gasteiger partial charge in [0.1, 0.15) is 0 Å². The third-order valence-electron chi connectivity index (χ3n) is 3.82. The van der Waals surface area contributed by atoms with Crippen LogP contribution in [-0.4, -0.2) is 37.2 Å². The summed E-state index contributed by atoms with van der Waals surface area (Å²) in [6, 6.07) is 5.84. The highest BCUT2D eigenvalue weighted by molar-refractivity contribution is 6.42. The summed E-state index contributed by atoms with van der Waals surface area (Å²) < 4.78 is 5.76. The van der Waals surface area contributed by atoms with Crippen LogP contribution in [-0.2, 0) is 4.74 Å². The Morgan fingerprint density at radius 1 is 1.45 bits per heavy atom. The maximum atomic E-state index is 6.34. The van der Waals surface area contributed by atoms with Crippen molar-refractivity contribution in [1.82, 2.24) is 4.90 Å². The molecular weight excluding hydrogens is 295 g/mol. The Kier molecular flexibility index (Phi) is 6.12. The molecule has 0 aromatic heterocycles. The lowest BCUT2D eigenvalue weighted by atomic mass is 10.0. The van der Waals surface area contributed by atoms with Crippen molar-refractivity contribution in [3.05, 3.63) is 33.8 Å². The molecule has 1 aliphatic heterocycles. The van der Waals surface area contributed by atoms with Crippen LogP contribution in [0.2, 0.25) is 10.0 Å². The molecule has 112 valence electrons. The van der Waals surface area contributed by atoms with Gasteiger partial charge in [0.2, 0.25) is 0 Å². The van der Waals surface area contributed by atoms with Gasteiger partial charge in [-0.1, -0.05) is 35.3 Å². The first-order valence-electron chi connectivity index (χ1n) is 7.17. The molecule has 2 unspecified atom stereocenters. The Bertz CT molecular complexity index is 440. The zero-order valence-corrected chi connectivity index (χ0v) is 13.3. The molecule has 1 saturated heterocycles. The number of benzene rings is 1. The van der Waals surface area contributed by atoms with E-state index >= 15 is 0 Å². The van der Waals surface area contributed by atoms with Crippen molar-refractivity contribution in [2.45, 2.75) is 31.9 Å². The molecule has 0 aliphatic carbocycles. The fraction of sp³-hybridized carbons (Fsp3) is 0.600. The van der Waals surface area contributed by atoms with Gasteiger partial charge >= 0.3 is 0 Å². The van der Waals surface area contributed by atoms with Crippen LogP contribution in [0, 0.1) is 0 Å². The highest BCUT2D eigenvalue weighted by Gasteiger charge is 2.27. The zero-order valence-electron chi connectivity index (χ0n) is 11.8. The SMILES string of the molecule is CCOC1CCCN(C(CN)c2cccc(Cl)c2Cl)C1. The monoisotopic (exact) mass is 316 g/mol. The van der Waals surface area contributed by atoms with Crippen LogP contribution in [0.3, 0.4) is 0 Å². The second kappa shape index (κ2) is 7.62. The smallest absolute Gasteiger partial charge is 0.0702 e. The van der Waals surface area contributed by atoms with Crippen LogP contribution in [0.4, 0.5) is 0 Å². The van der Waals surface area contributed by atoms with Gasteiger partial charge in [0.05, 0.1) is 16.1 Å². The van der Waals surface area contributed by atoms with Gasteiger partial charge in [-0.25, -0.2) is 0 Å². The quantitative estimate of drug-likeness (QED) is 0.903. The average Bonchev–Trinajstić information content (AvgIpc) is 2.45. The molecule has 0 radical (unpaired) electrons. The number of hydrogen-bond donors (Lipinski definition) is 1. The highest BCUT2D eigenvalue weighted by Crippen LogP contribution is 2.33. The van der Waals surface area contributed by atoms with Crippen LogP contribution in [0.5, 0.6) is 0 Å². The van der Waals surface area contributed by atoms with E-state index in [1.54, 1.807) is 6.07 Å². The fourth-order valence-corrected chi connectivity index (χ4v) is 3.31. The lowest BCUT2D eigenvalue weighted by Gasteiger charge is -2.38. The molecule has 1 fully saturated rings. The van der Waals surface area contributed by atoms with Crippen LogP contribution in [0.1, 0.15) is 31.4 Å². The molecule has 3 nitrogen and oxygen atoms in total. The Balaban J connectivity index is 2.17. The molecule has 2 atom stereocenters. The maximum Gasteiger partial charge on any atom is 0.0702 e. The Morgan fingerprint density at radius 2 is 2.25 bits per heavy atom. The summed E-state index contributed by atoms with van der Waals surface area (Å²) in [5.41, 5.74) is 7.00. The van der Waals surface area contributed by atoms with E-state index < -0.39 is 0 Å². The lowest BCUT2D eigenvalue weighted by Crippen LogP contribution is -2.44. The Hall–Kier alpha value is -0.320. The summed E-state index contributed by atoms with van der Waals surface area (Å²) in [7, 11) is 0. The lowest BCUT2D eigenvalue weighted by molar-refractivity contribution is -0.00658. The molecule has 2 rings (SSSR count). The number of piperidine rings is 1. The van der Waals surface area contributed by atoms with Crippen molar-refractivity contribution >= 4 is 23.2 Å². The number of halogens is 2. The van der Waals surface area contributed by atoms with Gasteiger partial charge in [0, 0.05) is 25.7 Å². The normalized spacial score (nSPS) is 21.9. The van der Waals surface area contributed by atoms with Crippen molar-refractivity contribution < 1.29 is 4.74 Å². The van der Waals surface area contributed by atoms with Gasteiger partial charge in [0.25, 0.3) is 0 Å². The van der Waals surface area contributed by atoms with E-state index in [-0.39, 0.29) is 6.04 Å². The van der Waals surface area contributed by atoms with Gasteiger partial charge < -0.3 is 10.5 Å². The van der Waals surface area contributed by atoms with E-state index in [9.17, 15) is 0 Å². The van der Waals surface area contributed by atoms with E-state index in [0.717, 1.165) is 38.1 Å². The zero-order chi connectivity index (χ0) is 14.5. The molecule has 0 bridgehead atoms. The first kappa shape index (κ1) is 16.1. The van der Waals surface area contributed by atoms with Crippen molar-refractivity contribution in [2.24, 2.45) is 5.73 Å². The third kappa shape index (κ3) is 3.66. The minimum Gasteiger partial charge on any atom is -0.377 e. The summed E-state index contributed by atoms with van der Waals surface area (Å²) in [6.45, 7) is 5.24. The van der Waals surface area contributed by atoms with Crippen LogP contribution < -0.4 is 5.73 Å². The summed E-state index contributed by atoms with van der Waals surface area (Å²) in [4.78, 5) is 2.36. The second-order valence-corrected chi connectivity index (χ2v) is 5.89. The Labute approximate surface area is 131 Å².